The predicted molar refractivity (Wildman–Crippen MR) is 60.9 cm³/mol. The van der Waals surface area contributed by atoms with Gasteiger partial charge < -0.3 is 5.32 Å². The first-order chi connectivity index (χ1) is 7.11. The number of hydrogen-bond donors (Lipinski definition) is 1. The fourth-order valence-electron chi connectivity index (χ4n) is 1.16. The lowest BCUT2D eigenvalue weighted by Gasteiger charge is -2.08. The topological polar surface area (TPSA) is 59.8 Å². The molecule has 0 spiro atoms. The van der Waals surface area contributed by atoms with E-state index >= 15 is 0 Å². The summed E-state index contributed by atoms with van der Waals surface area (Å²) in [6, 6.07) is 0. The molecule has 0 aromatic carbocycles. The van der Waals surface area contributed by atoms with Gasteiger partial charge in [0.1, 0.15) is 0 Å². The minimum atomic E-state index is -0.725. The molecule has 0 saturated carbocycles. The maximum absolute atomic E-state index is 11.1. The van der Waals surface area contributed by atoms with E-state index in [9.17, 15) is 4.21 Å². The Kier molecular flexibility index (Phi) is 4.90. The minimum absolute atomic E-state index is 0.252. The first-order valence-corrected chi connectivity index (χ1v) is 6.60. The largest absolute Gasteiger partial charge is 0.311 e. The summed E-state index contributed by atoms with van der Waals surface area (Å²) >= 11 is 0. The van der Waals surface area contributed by atoms with Crippen LogP contribution in [-0.2, 0) is 24.4 Å². The minimum Gasteiger partial charge on any atom is -0.311 e. The standard InChI is InChI=1S/C9H18N4OS/c1-8(15(3)14)4-5-10-6-9-7-11-12-13(9)2/h7-8,10H,4-6H2,1-3H3. The number of nitrogens with one attached hydrogen (secondary N) is 1. The Hall–Kier alpha value is -0.750. The van der Waals surface area contributed by atoms with Gasteiger partial charge in [-0.2, -0.15) is 0 Å². The summed E-state index contributed by atoms with van der Waals surface area (Å²) in [4.78, 5) is 0. The van der Waals surface area contributed by atoms with Gasteiger partial charge in [0, 0.05) is 35.9 Å². The molecule has 86 valence electrons. The maximum Gasteiger partial charge on any atom is 0.0738 e. The summed E-state index contributed by atoms with van der Waals surface area (Å²) in [5, 5.41) is 11.2. The Labute approximate surface area is 92.7 Å². The van der Waals surface area contributed by atoms with E-state index in [4.69, 9.17) is 0 Å². The molecular formula is C9H18N4OS. The fraction of sp³-hybridized carbons (Fsp3) is 0.778. The van der Waals surface area contributed by atoms with Crippen LogP contribution in [0.3, 0.4) is 0 Å². The summed E-state index contributed by atoms with van der Waals surface area (Å²) in [5.74, 6) is 0. The average Bonchev–Trinajstić information content (AvgIpc) is 2.58. The third-order valence-corrected chi connectivity index (χ3v) is 3.78. The SMILES string of the molecule is CC(CCNCc1cnnn1C)S(C)=O. The summed E-state index contributed by atoms with van der Waals surface area (Å²) in [5.41, 5.74) is 1.06. The van der Waals surface area contributed by atoms with Crippen molar-refractivity contribution in [2.75, 3.05) is 12.8 Å². The second-order valence-electron chi connectivity index (χ2n) is 3.62. The van der Waals surface area contributed by atoms with Gasteiger partial charge in [-0.05, 0) is 13.0 Å². The molecule has 1 heterocycles. The highest BCUT2D eigenvalue weighted by atomic mass is 32.2. The molecule has 0 aliphatic carbocycles. The van der Waals surface area contributed by atoms with E-state index in [-0.39, 0.29) is 5.25 Å². The molecule has 0 radical (unpaired) electrons. The highest BCUT2D eigenvalue weighted by Crippen LogP contribution is 1.98. The first-order valence-electron chi connectivity index (χ1n) is 4.97. The van der Waals surface area contributed by atoms with Gasteiger partial charge in [-0.25, -0.2) is 0 Å². The van der Waals surface area contributed by atoms with E-state index in [1.54, 1.807) is 17.1 Å². The smallest absolute Gasteiger partial charge is 0.0738 e. The van der Waals surface area contributed by atoms with Crippen molar-refractivity contribution < 1.29 is 4.21 Å². The Morgan fingerprint density at radius 3 is 2.93 bits per heavy atom. The molecule has 1 rings (SSSR count). The third-order valence-electron chi connectivity index (χ3n) is 2.41. The van der Waals surface area contributed by atoms with E-state index in [1.807, 2.05) is 14.0 Å². The molecule has 1 aromatic heterocycles. The monoisotopic (exact) mass is 230 g/mol. The Bertz CT molecular complexity index is 326. The van der Waals surface area contributed by atoms with Crippen LogP contribution in [0.4, 0.5) is 0 Å². The van der Waals surface area contributed by atoms with Gasteiger partial charge in [0.05, 0.1) is 11.9 Å². The van der Waals surface area contributed by atoms with Crippen molar-refractivity contribution in [3.63, 3.8) is 0 Å². The third kappa shape index (κ3) is 4.09. The van der Waals surface area contributed by atoms with E-state index in [2.05, 4.69) is 15.6 Å². The molecule has 6 heteroatoms. The molecule has 2 unspecified atom stereocenters. The number of aryl methyl sites for hydroxylation is 1. The zero-order valence-electron chi connectivity index (χ0n) is 9.43. The van der Waals surface area contributed by atoms with Crippen LogP contribution in [0, 0.1) is 0 Å². The summed E-state index contributed by atoms with van der Waals surface area (Å²) in [7, 11) is 1.14. The summed E-state index contributed by atoms with van der Waals surface area (Å²) < 4.78 is 12.8. The molecule has 1 N–H and O–H groups in total. The normalized spacial score (nSPS) is 15.1. The van der Waals surface area contributed by atoms with Gasteiger partial charge in [0.15, 0.2) is 0 Å². The van der Waals surface area contributed by atoms with E-state index < -0.39 is 10.8 Å². The van der Waals surface area contributed by atoms with E-state index in [0.29, 0.717) is 0 Å². The second kappa shape index (κ2) is 5.97. The van der Waals surface area contributed by atoms with Gasteiger partial charge in [-0.15, -0.1) is 5.10 Å². The van der Waals surface area contributed by atoms with Crippen molar-refractivity contribution in [1.29, 1.82) is 0 Å². The molecular weight excluding hydrogens is 212 g/mol. The molecule has 0 aliphatic rings. The molecule has 0 amide bonds. The van der Waals surface area contributed by atoms with Crippen LogP contribution in [0.5, 0.6) is 0 Å². The molecule has 0 fully saturated rings. The Balaban J connectivity index is 2.17. The molecule has 1 aromatic rings. The van der Waals surface area contributed by atoms with Gasteiger partial charge in [-0.3, -0.25) is 8.89 Å². The lowest BCUT2D eigenvalue weighted by atomic mass is 10.3. The Morgan fingerprint density at radius 1 is 1.67 bits per heavy atom. The van der Waals surface area contributed by atoms with E-state index in [1.165, 1.54) is 0 Å². The quantitative estimate of drug-likeness (QED) is 0.702. The predicted octanol–water partition coefficient (Wildman–Crippen LogP) is 0.0618. The summed E-state index contributed by atoms with van der Waals surface area (Å²) in [6.45, 7) is 3.63. The van der Waals surface area contributed by atoms with E-state index in [0.717, 1.165) is 25.2 Å². The molecule has 15 heavy (non-hydrogen) atoms. The highest BCUT2D eigenvalue weighted by Gasteiger charge is 2.05. The van der Waals surface area contributed by atoms with Crippen LogP contribution in [0.25, 0.3) is 0 Å². The van der Waals surface area contributed by atoms with Crippen molar-refractivity contribution in [3.05, 3.63) is 11.9 Å². The molecule has 0 bridgehead atoms. The lowest BCUT2D eigenvalue weighted by Crippen LogP contribution is -2.21. The second-order valence-corrected chi connectivity index (χ2v) is 5.43. The summed E-state index contributed by atoms with van der Waals surface area (Å²) in [6.07, 6.45) is 4.42. The van der Waals surface area contributed by atoms with Crippen molar-refractivity contribution in [1.82, 2.24) is 20.3 Å². The van der Waals surface area contributed by atoms with Crippen LogP contribution < -0.4 is 5.32 Å². The zero-order valence-corrected chi connectivity index (χ0v) is 10.3. The van der Waals surface area contributed by atoms with Gasteiger partial charge in [0.2, 0.25) is 0 Å². The van der Waals surface area contributed by atoms with Crippen LogP contribution in [0.15, 0.2) is 6.20 Å². The molecule has 2 atom stereocenters. The fourth-order valence-corrected chi connectivity index (χ4v) is 1.61. The molecule has 5 nitrogen and oxygen atoms in total. The van der Waals surface area contributed by atoms with Crippen molar-refractivity contribution in [2.45, 2.75) is 25.1 Å². The van der Waals surface area contributed by atoms with Crippen LogP contribution in [0.1, 0.15) is 19.0 Å². The van der Waals surface area contributed by atoms with Crippen molar-refractivity contribution >= 4 is 10.8 Å². The number of aromatic nitrogens is 3. The van der Waals surface area contributed by atoms with Crippen LogP contribution in [-0.4, -0.2) is 37.3 Å². The number of hydrogen-bond acceptors (Lipinski definition) is 4. The Morgan fingerprint density at radius 2 is 2.40 bits per heavy atom. The average molecular weight is 230 g/mol. The number of nitrogens with zero attached hydrogens (tertiary/aromatic N) is 3. The van der Waals surface area contributed by atoms with Crippen molar-refractivity contribution in [2.24, 2.45) is 7.05 Å². The van der Waals surface area contributed by atoms with Crippen LogP contribution >= 0.6 is 0 Å². The molecule has 0 aliphatic heterocycles. The lowest BCUT2D eigenvalue weighted by molar-refractivity contribution is 0.595. The maximum atomic E-state index is 11.1. The van der Waals surface area contributed by atoms with Crippen molar-refractivity contribution in [3.8, 4) is 0 Å². The van der Waals surface area contributed by atoms with Gasteiger partial charge in [0.25, 0.3) is 0 Å². The van der Waals surface area contributed by atoms with Gasteiger partial charge >= 0.3 is 0 Å². The number of rotatable bonds is 6. The highest BCUT2D eigenvalue weighted by molar-refractivity contribution is 7.84. The van der Waals surface area contributed by atoms with Crippen LogP contribution in [0.2, 0.25) is 0 Å². The zero-order chi connectivity index (χ0) is 11.3. The first kappa shape index (κ1) is 12.3. The molecule has 0 saturated heterocycles. The van der Waals surface area contributed by atoms with Gasteiger partial charge in [-0.1, -0.05) is 12.1 Å².